The van der Waals surface area contributed by atoms with Crippen LogP contribution in [0.25, 0.3) is 0 Å². The molecule has 1 atom stereocenters. The van der Waals surface area contributed by atoms with Crippen LogP contribution < -0.4 is 5.32 Å². The van der Waals surface area contributed by atoms with Crippen LogP contribution in [-0.4, -0.2) is 31.3 Å². The van der Waals surface area contributed by atoms with Crippen molar-refractivity contribution in [1.82, 2.24) is 5.32 Å². The molecule has 0 saturated heterocycles. The van der Waals surface area contributed by atoms with Crippen molar-refractivity contribution in [2.45, 2.75) is 32.2 Å². The van der Waals surface area contributed by atoms with Crippen molar-refractivity contribution >= 4 is 5.97 Å². The molecule has 0 bridgehead atoms. The second-order valence-electron chi connectivity index (χ2n) is 5.59. The van der Waals surface area contributed by atoms with Gasteiger partial charge in [0.05, 0.1) is 6.61 Å². The second kappa shape index (κ2) is 6.68. The molecule has 0 saturated carbocycles. The molecule has 1 rings (SSSR count). The average molecular weight is 265 g/mol. The van der Waals surface area contributed by atoms with Gasteiger partial charge in [0.2, 0.25) is 0 Å². The number of hydrogen-bond acceptors (Lipinski definition) is 3. The number of aliphatic carboxylic acids is 1. The molecule has 1 aromatic carbocycles. The number of hydrogen-bond donors (Lipinski definition) is 2. The number of nitrogens with one attached hydrogen (secondary N) is 1. The minimum absolute atomic E-state index is 0.0702. The molecule has 0 aliphatic rings. The summed E-state index contributed by atoms with van der Waals surface area (Å²) in [6.07, 6.45) is 0. The van der Waals surface area contributed by atoms with Crippen molar-refractivity contribution in [1.29, 1.82) is 0 Å². The van der Waals surface area contributed by atoms with E-state index in [1.54, 1.807) is 7.11 Å². The lowest BCUT2D eigenvalue weighted by atomic mass is 9.86. The van der Waals surface area contributed by atoms with Gasteiger partial charge in [-0.05, 0) is 16.5 Å². The van der Waals surface area contributed by atoms with Crippen LogP contribution in [0.3, 0.4) is 0 Å². The minimum Gasteiger partial charge on any atom is -0.480 e. The smallest absolute Gasteiger partial charge is 0.325 e. The summed E-state index contributed by atoms with van der Waals surface area (Å²) in [5, 5.41) is 12.2. The Balaban J connectivity index is 2.83. The van der Waals surface area contributed by atoms with Gasteiger partial charge in [-0.3, -0.25) is 10.1 Å². The standard InChI is InChI=1S/C15H23NO3/c1-15(2,3)12-7-5-11(6-8-12)13(14(17)18)16-9-10-19-4/h5-8,13,16H,9-10H2,1-4H3,(H,17,18). The van der Waals surface area contributed by atoms with Gasteiger partial charge in [-0.25, -0.2) is 0 Å². The number of methoxy groups -OCH3 is 1. The Morgan fingerprint density at radius 1 is 1.32 bits per heavy atom. The molecule has 0 amide bonds. The first kappa shape index (κ1) is 15.7. The van der Waals surface area contributed by atoms with Crippen molar-refractivity contribution in [3.63, 3.8) is 0 Å². The molecule has 1 aromatic rings. The summed E-state index contributed by atoms with van der Waals surface area (Å²) < 4.78 is 4.92. The SMILES string of the molecule is COCCNC(C(=O)O)c1ccc(C(C)(C)C)cc1. The maximum atomic E-state index is 11.3. The number of carboxylic acids is 1. The third kappa shape index (κ3) is 4.65. The lowest BCUT2D eigenvalue weighted by Gasteiger charge is -2.20. The molecule has 0 aliphatic heterocycles. The van der Waals surface area contributed by atoms with E-state index < -0.39 is 12.0 Å². The third-order valence-corrected chi connectivity index (χ3v) is 3.01. The first-order chi connectivity index (χ1) is 8.86. The Bertz CT molecular complexity index is 406. The zero-order valence-corrected chi connectivity index (χ0v) is 12.1. The molecular formula is C15H23NO3. The highest BCUT2D eigenvalue weighted by Crippen LogP contribution is 2.24. The molecule has 4 nitrogen and oxygen atoms in total. The minimum atomic E-state index is -0.875. The molecule has 4 heteroatoms. The lowest BCUT2D eigenvalue weighted by molar-refractivity contribution is -0.139. The highest BCUT2D eigenvalue weighted by Gasteiger charge is 2.20. The van der Waals surface area contributed by atoms with Gasteiger partial charge >= 0.3 is 5.97 Å². The maximum Gasteiger partial charge on any atom is 0.325 e. The van der Waals surface area contributed by atoms with Gasteiger partial charge in [-0.15, -0.1) is 0 Å². The zero-order valence-electron chi connectivity index (χ0n) is 12.1. The van der Waals surface area contributed by atoms with Crippen molar-refractivity contribution in [3.05, 3.63) is 35.4 Å². The molecule has 0 fully saturated rings. The highest BCUT2D eigenvalue weighted by atomic mass is 16.5. The summed E-state index contributed by atoms with van der Waals surface area (Å²) in [6.45, 7) is 7.40. The van der Waals surface area contributed by atoms with Gasteiger partial charge < -0.3 is 9.84 Å². The Kier molecular flexibility index (Phi) is 5.51. The molecule has 0 radical (unpaired) electrons. The predicted molar refractivity (Wildman–Crippen MR) is 75.4 cm³/mol. The van der Waals surface area contributed by atoms with E-state index in [0.717, 1.165) is 5.56 Å². The number of carbonyl (C=O) groups is 1. The van der Waals surface area contributed by atoms with Gasteiger partial charge in [-0.2, -0.15) is 0 Å². The molecule has 19 heavy (non-hydrogen) atoms. The lowest BCUT2D eigenvalue weighted by Crippen LogP contribution is -2.31. The topological polar surface area (TPSA) is 58.6 Å². The molecule has 1 unspecified atom stereocenters. The van der Waals surface area contributed by atoms with Crippen LogP contribution in [0.15, 0.2) is 24.3 Å². The molecule has 106 valence electrons. The first-order valence-electron chi connectivity index (χ1n) is 6.42. The summed E-state index contributed by atoms with van der Waals surface area (Å²) in [5.41, 5.74) is 2.02. The van der Waals surface area contributed by atoms with Gasteiger partial charge in [0.25, 0.3) is 0 Å². The zero-order chi connectivity index (χ0) is 14.5. The van der Waals surface area contributed by atoms with Crippen LogP contribution in [0, 0.1) is 0 Å². The Labute approximate surface area is 114 Å². The Morgan fingerprint density at radius 3 is 2.32 bits per heavy atom. The predicted octanol–water partition coefficient (Wildman–Crippen LogP) is 2.35. The first-order valence-corrected chi connectivity index (χ1v) is 6.42. The number of benzene rings is 1. The summed E-state index contributed by atoms with van der Waals surface area (Å²) in [7, 11) is 1.59. The largest absolute Gasteiger partial charge is 0.480 e. The van der Waals surface area contributed by atoms with Gasteiger partial charge in [0, 0.05) is 13.7 Å². The fraction of sp³-hybridized carbons (Fsp3) is 0.533. The van der Waals surface area contributed by atoms with Crippen LogP contribution in [0.4, 0.5) is 0 Å². The van der Waals surface area contributed by atoms with E-state index in [9.17, 15) is 9.90 Å². The van der Waals surface area contributed by atoms with Gasteiger partial charge in [-0.1, -0.05) is 45.0 Å². The van der Waals surface area contributed by atoms with E-state index in [1.807, 2.05) is 24.3 Å². The fourth-order valence-electron chi connectivity index (χ4n) is 1.83. The van der Waals surface area contributed by atoms with E-state index in [4.69, 9.17) is 4.74 Å². The summed E-state index contributed by atoms with van der Waals surface area (Å²) in [5.74, 6) is -0.875. The third-order valence-electron chi connectivity index (χ3n) is 3.01. The normalized spacial score (nSPS) is 13.3. The highest BCUT2D eigenvalue weighted by molar-refractivity contribution is 5.75. The number of ether oxygens (including phenoxy) is 1. The molecule has 0 aromatic heterocycles. The van der Waals surface area contributed by atoms with Crippen LogP contribution in [0.2, 0.25) is 0 Å². The van der Waals surface area contributed by atoms with E-state index in [2.05, 4.69) is 26.1 Å². The summed E-state index contributed by atoms with van der Waals surface area (Å²) in [6, 6.07) is 7.04. The van der Waals surface area contributed by atoms with Gasteiger partial charge in [0.15, 0.2) is 0 Å². The second-order valence-corrected chi connectivity index (χ2v) is 5.59. The Hall–Kier alpha value is -1.39. The van der Waals surface area contributed by atoms with Crippen LogP contribution in [0.5, 0.6) is 0 Å². The van der Waals surface area contributed by atoms with Crippen molar-refractivity contribution in [2.24, 2.45) is 0 Å². The number of rotatable bonds is 6. The van der Waals surface area contributed by atoms with Crippen molar-refractivity contribution in [2.75, 3.05) is 20.3 Å². The van der Waals surface area contributed by atoms with E-state index in [-0.39, 0.29) is 5.41 Å². The van der Waals surface area contributed by atoms with E-state index in [0.29, 0.717) is 13.2 Å². The van der Waals surface area contributed by atoms with Crippen LogP contribution >= 0.6 is 0 Å². The molecule has 0 heterocycles. The quantitative estimate of drug-likeness (QED) is 0.775. The fourth-order valence-corrected chi connectivity index (χ4v) is 1.83. The van der Waals surface area contributed by atoms with Crippen molar-refractivity contribution in [3.8, 4) is 0 Å². The van der Waals surface area contributed by atoms with Crippen LogP contribution in [0.1, 0.15) is 37.9 Å². The average Bonchev–Trinajstić information content (AvgIpc) is 2.33. The van der Waals surface area contributed by atoms with E-state index in [1.165, 1.54) is 5.56 Å². The van der Waals surface area contributed by atoms with Crippen LogP contribution in [-0.2, 0) is 14.9 Å². The Morgan fingerprint density at radius 2 is 1.89 bits per heavy atom. The monoisotopic (exact) mass is 265 g/mol. The summed E-state index contributed by atoms with van der Waals surface area (Å²) >= 11 is 0. The van der Waals surface area contributed by atoms with Gasteiger partial charge in [0.1, 0.15) is 6.04 Å². The number of carboxylic acid groups (broad SMARTS) is 1. The van der Waals surface area contributed by atoms with E-state index >= 15 is 0 Å². The molecule has 0 aliphatic carbocycles. The van der Waals surface area contributed by atoms with Crippen molar-refractivity contribution < 1.29 is 14.6 Å². The molecule has 2 N–H and O–H groups in total. The molecular weight excluding hydrogens is 242 g/mol. The maximum absolute atomic E-state index is 11.3. The molecule has 0 spiro atoms. The summed E-state index contributed by atoms with van der Waals surface area (Å²) in [4.78, 5) is 11.3.